The topological polar surface area (TPSA) is 81.5 Å². The van der Waals surface area contributed by atoms with Gasteiger partial charge in [-0.1, -0.05) is 12.1 Å². The van der Waals surface area contributed by atoms with E-state index in [2.05, 4.69) is 4.90 Å². The fourth-order valence-corrected chi connectivity index (χ4v) is 5.17. The van der Waals surface area contributed by atoms with Crippen molar-refractivity contribution >= 4 is 32.6 Å². The Balaban J connectivity index is 1.64. The van der Waals surface area contributed by atoms with E-state index in [0.717, 1.165) is 11.3 Å². The zero-order valence-corrected chi connectivity index (χ0v) is 15.1. The Morgan fingerprint density at radius 2 is 1.92 bits per heavy atom. The molecule has 0 unspecified atom stereocenters. The van der Waals surface area contributed by atoms with Crippen LogP contribution in [0.25, 0.3) is 0 Å². The lowest BCUT2D eigenvalue weighted by atomic mass is 10.2. The summed E-state index contributed by atoms with van der Waals surface area (Å²) in [7, 11) is -3.42. The molecule has 6 nitrogen and oxygen atoms in total. The van der Waals surface area contributed by atoms with E-state index in [-0.39, 0.29) is 5.75 Å². The van der Waals surface area contributed by atoms with Crippen molar-refractivity contribution in [1.82, 2.24) is 4.31 Å². The summed E-state index contributed by atoms with van der Waals surface area (Å²) in [5.74, 6) is -0.100. The van der Waals surface area contributed by atoms with Crippen molar-refractivity contribution in [3.63, 3.8) is 0 Å². The van der Waals surface area contributed by atoms with Crippen molar-refractivity contribution in [2.45, 2.75) is 5.75 Å². The van der Waals surface area contributed by atoms with E-state index in [4.69, 9.17) is 5.26 Å². The summed E-state index contributed by atoms with van der Waals surface area (Å²) in [6.07, 6.45) is 0.824. The van der Waals surface area contributed by atoms with Gasteiger partial charge in [0.1, 0.15) is 0 Å². The van der Waals surface area contributed by atoms with Crippen molar-refractivity contribution in [1.29, 1.82) is 5.26 Å². The zero-order chi connectivity index (χ0) is 17.9. The second-order valence-corrected chi connectivity index (χ2v) is 8.81. The van der Waals surface area contributed by atoms with Crippen LogP contribution in [0.2, 0.25) is 0 Å². The molecule has 25 heavy (non-hydrogen) atoms. The predicted molar refractivity (Wildman–Crippen MR) is 97.3 cm³/mol. The van der Waals surface area contributed by atoms with Crippen LogP contribution in [0.1, 0.15) is 20.8 Å². The standard InChI is InChI=1S/C17H17N3O3S2/c18-11-14-2-1-3-15(10-14)13-25(22,23)20-8-6-19(7-9-20)17-5-4-16(12-21)24-17/h1-5,10,12H,6-9,13H2. The number of aldehydes is 1. The number of nitriles is 1. The van der Waals surface area contributed by atoms with Gasteiger partial charge in [-0.15, -0.1) is 11.3 Å². The van der Waals surface area contributed by atoms with Gasteiger partial charge < -0.3 is 4.90 Å². The molecule has 8 heteroatoms. The first kappa shape index (κ1) is 17.6. The molecule has 130 valence electrons. The van der Waals surface area contributed by atoms with Crippen LogP contribution in [0.3, 0.4) is 0 Å². The maximum atomic E-state index is 12.6. The van der Waals surface area contributed by atoms with Gasteiger partial charge in [0, 0.05) is 26.2 Å². The molecular formula is C17H17N3O3S2. The summed E-state index contributed by atoms with van der Waals surface area (Å²) in [6.45, 7) is 2.01. The van der Waals surface area contributed by atoms with E-state index < -0.39 is 10.0 Å². The van der Waals surface area contributed by atoms with Gasteiger partial charge in [0.25, 0.3) is 0 Å². The number of nitrogens with zero attached hydrogens (tertiary/aromatic N) is 3. The van der Waals surface area contributed by atoms with Crippen LogP contribution in [0.4, 0.5) is 5.00 Å². The van der Waals surface area contributed by atoms with E-state index in [1.54, 1.807) is 30.3 Å². The minimum Gasteiger partial charge on any atom is -0.361 e. The van der Waals surface area contributed by atoms with Gasteiger partial charge in [0.2, 0.25) is 10.0 Å². The lowest BCUT2D eigenvalue weighted by molar-refractivity contribution is 0.112. The average Bonchev–Trinajstić information content (AvgIpc) is 3.11. The van der Waals surface area contributed by atoms with E-state index in [1.165, 1.54) is 15.6 Å². The fourth-order valence-electron chi connectivity index (χ4n) is 2.79. The Morgan fingerprint density at radius 1 is 1.16 bits per heavy atom. The molecule has 1 aliphatic heterocycles. The molecule has 0 radical (unpaired) electrons. The maximum absolute atomic E-state index is 12.6. The summed E-state index contributed by atoms with van der Waals surface area (Å²) in [5.41, 5.74) is 1.08. The minimum atomic E-state index is -3.42. The third kappa shape index (κ3) is 4.07. The van der Waals surface area contributed by atoms with E-state index in [1.807, 2.05) is 12.1 Å². The van der Waals surface area contributed by atoms with Crippen molar-refractivity contribution in [3.8, 4) is 6.07 Å². The van der Waals surface area contributed by atoms with E-state index >= 15 is 0 Å². The molecule has 1 aromatic carbocycles. The van der Waals surface area contributed by atoms with Crippen LogP contribution in [-0.4, -0.2) is 45.2 Å². The predicted octanol–water partition coefficient (Wildman–Crippen LogP) is 2.08. The van der Waals surface area contributed by atoms with Gasteiger partial charge in [0.15, 0.2) is 6.29 Å². The number of thiophene rings is 1. The van der Waals surface area contributed by atoms with Crippen LogP contribution >= 0.6 is 11.3 Å². The van der Waals surface area contributed by atoms with Gasteiger partial charge in [-0.25, -0.2) is 8.42 Å². The fraction of sp³-hybridized carbons (Fsp3) is 0.294. The van der Waals surface area contributed by atoms with E-state index in [9.17, 15) is 13.2 Å². The summed E-state index contributed by atoms with van der Waals surface area (Å²) in [5, 5.41) is 9.92. The molecule has 0 atom stereocenters. The highest BCUT2D eigenvalue weighted by Crippen LogP contribution is 2.26. The number of sulfonamides is 1. The van der Waals surface area contributed by atoms with Gasteiger partial charge in [-0.05, 0) is 29.8 Å². The number of carbonyl (C=O) groups excluding carboxylic acids is 1. The van der Waals surface area contributed by atoms with Crippen molar-refractivity contribution in [2.24, 2.45) is 0 Å². The molecule has 1 fully saturated rings. The Kier molecular flexibility index (Phi) is 5.18. The Hall–Kier alpha value is -2.21. The molecule has 1 saturated heterocycles. The maximum Gasteiger partial charge on any atom is 0.218 e. The molecule has 0 spiro atoms. The second kappa shape index (κ2) is 7.35. The summed E-state index contributed by atoms with van der Waals surface area (Å²) >= 11 is 1.41. The number of anilines is 1. The average molecular weight is 375 g/mol. The molecule has 0 saturated carbocycles. The number of carbonyl (C=O) groups is 1. The highest BCUT2D eigenvalue weighted by atomic mass is 32.2. The lowest BCUT2D eigenvalue weighted by Crippen LogP contribution is -2.48. The number of hydrogen-bond donors (Lipinski definition) is 0. The first-order valence-corrected chi connectivity index (χ1v) is 10.2. The van der Waals surface area contributed by atoms with Crippen LogP contribution in [-0.2, 0) is 15.8 Å². The molecule has 1 aliphatic rings. The lowest BCUT2D eigenvalue weighted by Gasteiger charge is -2.34. The van der Waals surface area contributed by atoms with Crippen LogP contribution in [0.5, 0.6) is 0 Å². The molecule has 0 bridgehead atoms. The van der Waals surface area contributed by atoms with Crippen LogP contribution in [0, 0.1) is 11.3 Å². The minimum absolute atomic E-state index is 0.100. The first-order valence-electron chi connectivity index (χ1n) is 7.78. The van der Waals surface area contributed by atoms with Crippen LogP contribution < -0.4 is 4.90 Å². The SMILES string of the molecule is N#Cc1cccc(CS(=O)(=O)N2CCN(c3ccc(C=O)s3)CC2)c1. The first-order chi connectivity index (χ1) is 12.0. The molecule has 1 aromatic heterocycles. The third-order valence-corrected chi connectivity index (χ3v) is 7.00. The molecule has 0 N–H and O–H groups in total. The summed E-state index contributed by atoms with van der Waals surface area (Å²) < 4.78 is 26.8. The van der Waals surface area contributed by atoms with Gasteiger partial charge in [-0.3, -0.25) is 4.79 Å². The highest BCUT2D eigenvalue weighted by Gasteiger charge is 2.27. The number of benzene rings is 1. The summed E-state index contributed by atoms with van der Waals surface area (Å²) in [4.78, 5) is 13.6. The van der Waals surface area contributed by atoms with Gasteiger partial charge in [0.05, 0.1) is 27.3 Å². The zero-order valence-electron chi connectivity index (χ0n) is 13.5. The van der Waals surface area contributed by atoms with E-state index in [0.29, 0.717) is 42.2 Å². The molecule has 2 heterocycles. The highest BCUT2D eigenvalue weighted by molar-refractivity contribution is 7.88. The third-order valence-electron chi connectivity index (χ3n) is 4.08. The Morgan fingerprint density at radius 3 is 2.56 bits per heavy atom. The van der Waals surface area contributed by atoms with Crippen molar-refractivity contribution in [2.75, 3.05) is 31.1 Å². The largest absolute Gasteiger partial charge is 0.361 e. The molecule has 2 aromatic rings. The second-order valence-electron chi connectivity index (χ2n) is 5.75. The Bertz CT molecular complexity index is 907. The molecular weight excluding hydrogens is 358 g/mol. The number of piperazine rings is 1. The summed E-state index contributed by atoms with van der Waals surface area (Å²) in [6, 6.07) is 12.4. The van der Waals surface area contributed by atoms with Gasteiger partial charge in [-0.2, -0.15) is 9.57 Å². The number of hydrogen-bond acceptors (Lipinski definition) is 6. The smallest absolute Gasteiger partial charge is 0.218 e. The Labute approximate surface area is 151 Å². The molecule has 3 rings (SSSR count). The monoisotopic (exact) mass is 375 g/mol. The van der Waals surface area contributed by atoms with Crippen LogP contribution in [0.15, 0.2) is 36.4 Å². The number of rotatable bonds is 5. The molecule has 0 aliphatic carbocycles. The van der Waals surface area contributed by atoms with Crippen molar-refractivity contribution < 1.29 is 13.2 Å². The normalized spacial score (nSPS) is 15.7. The quantitative estimate of drug-likeness (QED) is 0.748. The van der Waals surface area contributed by atoms with Gasteiger partial charge >= 0.3 is 0 Å². The molecule has 0 amide bonds. The van der Waals surface area contributed by atoms with Crippen molar-refractivity contribution in [3.05, 3.63) is 52.4 Å².